The predicted molar refractivity (Wildman–Crippen MR) is 269 cm³/mol. The van der Waals surface area contributed by atoms with E-state index in [1.54, 1.807) is 0 Å². The third kappa shape index (κ3) is 8.59. The van der Waals surface area contributed by atoms with Gasteiger partial charge in [-0.25, -0.2) is 9.97 Å². The Bertz CT molecular complexity index is 2890. The Morgan fingerprint density at radius 3 is 1.44 bits per heavy atom. The summed E-state index contributed by atoms with van der Waals surface area (Å²) in [5, 5.41) is 49.6. The lowest BCUT2D eigenvalue weighted by Gasteiger charge is -2.37. The number of Topliss-reactive ketones (excluding diaryl/α,β-unsaturated/α-hetero) is 1. The number of aromatic nitrogens is 10. The Balaban J connectivity index is 1.02. The van der Waals surface area contributed by atoms with Gasteiger partial charge in [0.1, 0.15) is 47.8 Å². The number of carbonyl (C=O) groups is 1. The molecule has 4 aliphatic heterocycles. The number of nitrogens with zero attached hydrogens (tertiary/aromatic N) is 12. The number of pyridine rings is 2. The first-order valence-corrected chi connectivity index (χ1v) is 25.4. The van der Waals surface area contributed by atoms with Crippen LogP contribution in [-0.4, -0.2) is 118 Å². The van der Waals surface area contributed by atoms with Crippen LogP contribution in [0.3, 0.4) is 0 Å². The fraction of sp³-hybridized carbons (Fsp3) is 0.491. The first kappa shape index (κ1) is 45.8. The monoisotopic (exact) mass is 971 g/mol. The molecule has 4 N–H and O–H groups in total. The third-order valence-electron chi connectivity index (χ3n) is 15.2. The smallest absolute Gasteiger partial charge is 0.193 e. The number of anilines is 2. The minimum atomic E-state index is -0.757. The van der Waals surface area contributed by atoms with E-state index in [0.717, 1.165) is 93.3 Å². The molecule has 0 radical (unpaired) electrons. The normalized spacial score (nSPS) is 18.4. The van der Waals surface area contributed by atoms with Crippen LogP contribution < -0.4 is 19.3 Å². The number of aromatic amines is 2. The van der Waals surface area contributed by atoms with Gasteiger partial charge in [0.05, 0.1) is 49.4 Å². The summed E-state index contributed by atoms with van der Waals surface area (Å²) in [7, 11) is 0. The third-order valence-corrected chi connectivity index (χ3v) is 15.2. The molecule has 19 nitrogen and oxygen atoms in total. The van der Waals surface area contributed by atoms with Gasteiger partial charge in [0.15, 0.2) is 17.4 Å². The molecule has 0 amide bonds. The fourth-order valence-corrected chi connectivity index (χ4v) is 11.0. The molecule has 72 heavy (non-hydrogen) atoms. The van der Waals surface area contributed by atoms with E-state index >= 15 is 4.79 Å². The van der Waals surface area contributed by atoms with Gasteiger partial charge in [-0.2, -0.15) is 10.4 Å². The van der Waals surface area contributed by atoms with Gasteiger partial charge in [0.2, 0.25) is 0 Å². The average molecular weight is 971 g/mol. The Hall–Kier alpha value is -7.31. The lowest BCUT2D eigenvalue weighted by Crippen LogP contribution is -2.39. The fourth-order valence-electron chi connectivity index (χ4n) is 11.0. The van der Waals surface area contributed by atoms with E-state index in [9.17, 15) is 10.8 Å². The van der Waals surface area contributed by atoms with Crippen LogP contribution in [0, 0.1) is 10.8 Å². The molecule has 12 rings (SSSR count). The second-order valence-corrected chi connectivity index (χ2v) is 22.5. The lowest BCUT2D eigenvalue weighted by atomic mass is 9.77. The standard InChI is InChI=1S/C53H62N16O3/c1-52(2,3)37-19-33(21-41-48(37)71-17-15-66(41)27-43-58-62-63-59-43)35(25-68-23-31-11-13-39(29-7-8-29)56-45(31)50(68)54)47(70)36(26-69-24-32-12-14-40(30-9-10-30)57-46(32)51(69)55)34-20-38(53(4,5)6)49-42(22-34)67(16-18-72-49)28-44-60-64-65-61-44/h11-14,19-22,29-30,35-36,54-55H,7-10,15-18,23-28H2,1-6H3,(H,58,59,62,63)(H,60,61,64,65). The zero-order valence-electron chi connectivity index (χ0n) is 41.9. The van der Waals surface area contributed by atoms with E-state index in [-0.39, 0.29) is 29.7 Å². The highest BCUT2D eigenvalue weighted by Crippen LogP contribution is 2.48. The van der Waals surface area contributed by atoms with Gasteiger partial charge < -0.3 is 29.1 Å². The number of carbonyl (C=O) groups excluding carboxylic acids is 1. The molecule has 2 unspecified atom stereocenters. The molecule has 2 aliphatic carbocycles. The van der Waals surface area contributed by atoms with Crippen LogP contribution >= 0.6 is 0 Å². The van der Waals surface area contributed by atoms with Crippen LogP contribution in [0.5, 0.6) is 11.5 Å². The molecule has 0 saturated heterocycles. The minimum Gasteiger partial charge on any atom is -0.489 e. The summed E-state index contributed by atoms with van der Waals surface area (Å²) in [6.07, 6.45) is 4.45. The SMILES string of the molecule is CC(C)(C)c1cc(C(CN2Cc3ccc(C4CC4)nc3C2=N)C(=O)C(CN2Cc3ccc(C4CC4)nc3C2=N)c2cc3c(c(C(C)(C)C)c2)OCCN3Cc2nn[nH]n2)cc2c1OCCN2Cc1nn[nH]n1. The molecule has 2 saturated carbocycles. The molecule has 2 atom stereocenters. The number of ether oxygens (including phenoxy) is 2. The molecule has 19 heteroatoms. The van der Waals surface area contributed by atoms with Gasteiger partial charge in [0.25, 0.3) is 0 Å². The number of amidine groups is 2. The summed E-state index contributed by atoms with van der Waals surface area (Å²) in [4.78, 5) is 35.5. The predicted octanol–water partition coefficient (Wildman–Crippen LogP) is 6.77. The molecule has 6 aliphatic rings. The van der Waals surface area contributed by atoms with Crippen LogP contribution in [0.25, 0.3) is 0 Å². The van der Waals surface area contributed by atoms with Crippen LogP contribution in [0.15, 0.2) is 48.5 Å². The van der Waals surface area contributed by atoms with Crippen molar-refractivity contribution in [2.24, 2.45) is 0 Å². The Morgan fingerprint density at radius 2 is 1.07 bits per heavy atom. The molecule has 2 aromatic carbocycles. The summed E-state index contributed by atoms with van der Waals surface area (Å²) in [5.41, 5.74) is 9.95. The van der Waals surface area contributed by atoms with Crippen molar-refractivity contribution in [2.45, 2.75) is 128 Å². The quantitative estimate of drug-likeness (QED) is 0.0883. The van der Waals surface area contributed by atoms with Crippen LogP contribution in [0.2, 0.25) is 0 Å². The van der Waals surface area contributed by atoms with Crippen molar-refractivity contribution in [1.82, 2.24) is 61.0 Å². The number of nitrogens with one attached hydrogen (secondary N) is 4. The Kier molecular flexibility index (Phi) is 11.1. The number of hydrogen-bond donors (Lipinski definition) is 4. The molecule has 2 fully saturated rings. The number of hydrogen-bond acceptors (Lipinski definition) is 15. The van der Waals surface area contributed by atoms with E-state index in [4.69, 9.17) is 19.4 Å². The van der Waals surface area contributed by atoms with Gasteiger partial charge in [-0.05, 0) is 71.9 Å². The largest absolute Gasteiger partial charge is 0.489 e. The van der Waals surface area contributed by atoms with E-state index in [1.807, 2.05) is 9.80 Å². The number of tetrazole rings is 2. The molecule has 6 aromatic rings. The van der Waals surface area contributed by atoms with Crippen molar-refractivity contribution >= 4 is 28.8 Å². The summed E-state index contributed by atoms with van der Waals surface area (Å²) >= 11 is 0. The lowest BCUT2D eigenvalue weighted by molar-refractivity contribution is -0.122. The van der Waals surface area contributed by atoms with E-state index < -0.39 is 11.8 Å². The summed E-state index contributed by atoms with van der Waals surface area (Å²) in [6.45, 7) is 17.3. The number of fused-ring (bicyclic) bond motifs is 4. The van der Waals surface area contributed by atoms with Crippen molar-refractivity contribution in [3.63, 3.8) is 0 Å². The Morgan fingerprint density at radius 1 is 0.639 bits per heavy atom. The van der Waals surface area contributed by atoms with Crippen molar-refractivity contribution < 1.29 is 14.3 Å². The van der Waals surface area contributed by atoms with E-state index in [0.29, 0.717) is 99.0 Å². The van der Waals surface area contributed by atoms with Crippen molar-refractivity contribution in [2.75, 3.05) is 49.2 Å². The van der Waals surface area contributed by atoms with Crippen molar-refractivity contribution in [3.05, 3.63) is 116 Å². The molecular formula is C53H62N16O3. The maximum absolute atomic E-state index is 16.8. The average Bonchev–Trinajstić information content (AvgIpc) is 4.22. The summed E-state index contributed by atoms with van der Waals surface area (Å²) in [6, 6.07) is 17.0. The van der Waals surface area contributed by atoms with E-state index in [1.165, 1.54) is 0 Å². The second kappa shape index (κ2) is 17.5. The van der Waals surface area contributed by atoms with Crippen LogP contribution in [-0.2, 0) is 41.8 Å². The molecule has 8 heterocycles. The maximum atomic E-state index is 16.8. The van der Waals surface area contributed by atoms with Gasteiger partial charge in [0, 0.05) is 71.7 Å². The zero-order valence-corrected chi connectivity index (χ0v) is 41.9. The van der Waals surface area contributed by atoms with Gasteiger partial charge in [-0.1, -0.05) is 76.2 Å². The minimum absolute atomic E-state index is 0.0247. The van der Waals surface area contributed by atoms with Gasteiger partial charge in [-0.15, -0.1) is 20.4 Å². The highest BCUT2D eigenvalue weighted by atomic mass is 16.5. The number of rotatable bonds is 14. The van der Waals surface area contributed by atoms with Gasteiger partial charge >= 0.3 is 0 Å². The molecule has 0 spiro atoms. The molecular weight excluding hydrogens is 909 g/mol. The molecule has 0 bridgehead atoms. The topological polar surface area (TPSA) is 231 Å². The second-order valence-electron chi connectivity index (χ2n) is 22.5. The maximum Gasteiger partial charge on any atom is 0.193 e. The van der Waals surface area contributed by atoms with Crippen molar-refractivity contribution in [3.8, 4) is 11.5 Å². The molecule has 372 valence electrons. The zero-order chi connectivity index (χ0) is 49.6. The highest BCUT2D eigenvalue weighted by molar-refractivity contribution is 6.01. The van der Waals surface area contributed by atoms with Crippen LogP contribution in [0.1, 0.15) is 159 Å². The van der Waals surface area contributed by atoms with Crippen LogP contribution in [0.4, 0.5) is 11.4 Å². The number of H-pyrrole nitrogens is 2. The number of ketones is 1. The van der Waals surface area contributed by atoms with E-state index in [2.05, 4.69) is 141 Å². The van der Waals surface area contributed by atoms with Crippen molar-refractivity contribution in [1.29, 1.82) is 10.8 Å². The number of benzene rings is 2. The first-order valence-electron chi connectivity index (χ1n) is 25.4. The van der Waals surface area contributed by atoms with Gasteiger partial charge in [-0.3, -0.25) is 15.6 Å². The Labute approximate surface area is 418 Å². The first-order chi connectivity index (χ1) is 34.6. The highest BCUT2D eigenvalue weighted by Gasteiger charge is 2.42. The summed E-state index contributed by atoms with van der Waals surface area (Å²) < 4.78 is 13.1. The summed E-state index contributed by atoms with van der Waals surface area (Å²) in [5.74, 6) is 2.62. The molecule has 4 aromatic heterocycles.